The first-order valence-electron chi connectivity index (χ1n) is 11.7. The highest BCUT2D eigenvalue weighted by molar-refractivity contribution is 5.99. The fourth-order valence-corrected chi connectivity index (χ4v) is 4.42. The molecule has 2 N–H and O–H groups in total. The SMILES string of the molecule is COC(=O)Nc1cc(C(=O)N2CCNCC2)ccc1N1CCCN(C(=O)c2cccc(F)c2)CC1. The summed E-state index contributed by atoms with van der Waals surface area (Å²) in [7, 11) is 1.28. The van der Waals surface area contributed by atoms with E-state index in [1.54, 1.807) is 28.0 Å². The second-order valence-corrected chi connectivity index (χ2v) is 8.53. The minimum atomic E-state index is -0.629. The summed E-state index contributed by atoms with van der Waals surface area (Å²) in [5, 5.41) is 5.96. The lowest BCUT2D eigenvalue weighted by molar-refractivity contribution is 0.0734. The lowest BCUT2D eigenvalue weighted by atomic mass is 10.1. The number of ether oxygens (including phenoxy) is 1. The van der Waals surface area contributed by atoms with Crippen molar-refractivity contribution < 1.29 is 23.5 Å². The Labute approximate surface area is 203 Å². The van der Waals surface area contributed by atoms with Gasteiger partial charge >= 0.3 is 6.09 Å². The molecule has 0 radical (unpaired) electrons. The van der Waals surface area contributed by atoms with Gasteiger partial charge in [0, 0.05) is 63.5 Å². The van der Waals surface area contributed by atoms with Gasteiger partial charge in [0.1, 0.15) is 5.82 Å². The number of piperazine rings is 1. The summed E-state index contributed by atoms with van der Waals surface area (Å²) in [4.78, 5) is 43.5. The summed E-state index contributed by atoms with van der Waals surface area (Å²) in [5.41, 5.74) is 2.03. The molecule has 10 heteroatoms. The Bertz CT molecular complexity index is 1090. The van der Waals surface area contributed by atoms with Crippen molar-refractivity contribution in [3.05, 3.63) is 59.4 Å². The first kappa shape index (κ1) is 24.5. The van der Waals surface area contributed by atoms with E-state index in [1.165, 1.54) is 25.3 Å². The van der Waals surface area contributed by atoms with Crippen LogP contribution in [-0.4, -0.2) is 87.2 Å². The van der Waals surface area contributed by atoms with E-state index in [9.17, 15) is 18.8 Å². The van der Waals surface area contributed by atoms with E-state index in [4.69, 9.17) is 4.74 Å². The summed E-state index contributed by atoms with van der Waals surface area (Å²) in [6, 6.07) is 11.0. The van der Waals surface area contributed by atoms with Crippen LogP contribution in [0.5, 0.6) is 0 Å². The molecule has 4 rings (SSSR count). The Balaban J connectivity index is 1.53. The Kier molecular flexibility index (Phi) is 7.81. The van der Waals surface area contributed by atoms with Crippen molar-refractivity contribution >= 4 is 29.3 Å². The number of anilines is 2. The van der Waals surface area contributed by atoms with Gasteiger partial charge in [-0.05, 0) is 42.8 Å². The van der Waals surface area contributed by atoms with Gasteiger partial charge in [-0.1, -0.05) is 6.07 Å². The Morgan fingerprint density at radius 1 is 0.886 bits per heavy atom. The second kappa shape index (κ2) is 11.2. The molecule has 0 aliphatic carbocycles. The molecule has 9 nitrogen and oxygen atoms in total. The second-order valence-electron chi connectivity index (χ2n) is 8.53. The topological polar surface area (TPSA) is 94.2 Å². The summed E-state index contributed by atoms with van der Waals surface area (Å²) < 4.78 is 18.4. The number of carbonyl (C=O) groups is 3. The number of benzene rings is 2. The fraction of sp³-hybridized carbons (Fsp3) is 0.400. The summed E-state index contributed by atoms with van der Waals surface area (Å²) in [6.07, 6.45) is 0.0657. The molecule has 0 atom stereocenters. The van der Waals surface area contributed by atoms with Crippen LogP contribution >= 0.6 is 0 Å². The number of halogens is 1. The number of amides is 3. The number of rotatable bonds is 4. The van der Waals surface area contributed by atoms with E-state index in [0.29, 0.717) is 62.5 Å². The molecule has 2 aliphatic rings. The van der Waals surface area contributed by atoms with Crippen LogP contribution in [0.4, 0.5) is 20.6 Å². The third-order valence-electron chi connectivity index (χ3n) is 6.27. The molecule has 2 aromatic rings. The van der Waals surface area contributed by atoms with E-state index in [0.717, 1.165) is 18.8 Å². The predicted molar refractivity (Wildman–Crippen MR) is 130 cm³/mol. The van der Waals surface area contributed by atoms with Crippen LogP contribution in [0.2, 0.25) is 0 Å². The van der Waals surface area contributed by atoms with Gasteiger partial charge in [0.05, 0.1) is 18.5 Å². The normalized spacial score (nSPS) is 16.5. The summed E-state index contributed by atoms with van der Waals surface area (Å²) in [6.45, 7) is 4.88. The highest BCUT2D eigenvalue weighted by Gasteiger charge is 2.24. The zero-order valence-electron chi connectivity index (χ0n) is 19.8. The minimum absolute atomic E-state index is 0.0892. The third-order valence-corrected chi connectivity index (χ3v) is 6.27. The van der Waals surface area contributed by atoms with Crippen molar-refractivity contribution in [2.45, 2.75) is 6.42 Å². The number of methoxy groups -OCH3 is 1. The Morgan fingerprint density at radius 3 is 2.31 bits per heavy atom. The Morgan fingerprint density at radius 2 is 1.60 bits per heavy atom. The van der Waals surface area contributed by atoms with Crippen LogP contribution in [-0.2, 0) is 4.74 Å². The maximum absolute atomic E-state index is 13.6. The van der Waals surface area contributed by atoms with Crippen molar-refractivity contribution in [2.75, 3.05) is 69.7 Å². The van der Waals surface area contributed by atoms with Crippen molar-refractivity contribution in [2.24, 2.45) is 0 Å². The van der Waals surface area contributed by atoms with Gasteiger partial charge in [0.25, 0.3) is 11.8 Å². The average molecular weight is 484 g/mol. The molecule has 0 aromatic heterocycles. The largest absolute Gasteiger partial charge is 0.453 e. The van der Waals surface area contributed by atoms with Crippen LogP contribution in [0.25, 0.3) is 0 Å². The van der Waals surface area contributed by atoms with Crippen molar-refractivity contribution in [1.82, 2.24) is 15.1 Å². The molecule has 2 aliphatic heterocycles. The molecule has 35 heavy (non-hydrogen) atoms. The minimum Gasteiger partial charge on any atom is -0.453 e. The average Bonchev–Trinajstić information content (AvgIpc) is 3.14. The van der Waals surface area contributed by atoms with E-state index in [2.05, 4.69) is 15.5 Å². The van der Waals surface area contributed by atoms with Crippen LogP contribution in [0, 0.1) is 5.82 Å². The van der Waals surface area contributed by atoms with Gasteiger partial charge in [-0.2, -0.15) is 0 Å². The molecule has 2 saturated heterocycles. The smallest absolute Gasteiger partial charge is 0.411 e. The van der Waals surface area contributed by atoms with Crippen LogP contribution in [0.1, 0.15) is 27.1 Å². The molecular formula is C25H30FN5O4. The predicted octanol–water partition coefficient (Wildman–Crippen LogP) is 2.40. The first-order chi connectivity index (χ1) is 17.0. The molecule has 2 aromatic carbocycles. The lowest BCUT2D eigenvalue weighted by Gasteiger charge is -2.29. The van der Waals surface area contributed by atoms with Gasteiger partial charge in [-0.3, -0.25) is 14.9 Å². The number of hydrogen-bond acceptors (Lipinski definition) is 6. The monoisotopic (exact) mass is 483 g/mol. The zero-order chi connectivity index (χ0) is 24.8. The summed E-state index contributed by atoms with van der Waals surface area (Å²) >= 11 is 0. The quantitative estimate of drug-likeness (QED) is 0.694. The summed E-state index contributed by atoms with van der Waals surface area (Å²) in [5.74, 6) is -0.744. The number of hydrogen-bond donors (Lipinski definition) is 2. The molecule has 2 heterocycles. The first-order valence-corrected chi connectivity index (χ1v) is 11.7. The van der Waals surface area contributed by atoms with Crippen LogP contribution in [0.15, 0.2) is 42.5 Å². The van der Waals surface area contributed by atoms with Crippen LogP contribution in [0.3, 0.4) is 0 Å². The van der Waals surface area contributed by atoms with Gasteiger partial charge in [0.2, 0.25) is 0 Å². The molecular weight excluding hydrogens is 453 g/mol. The van der Waals surface area contributed by atoms with Crippen LogP contribution < -0.4 is 15.5 Å². The molecule has 2 fully saturated rings. The molecule has 3 amide bonds. The van der Waals surface area contributed by atoms with E-state index in [1.807, 2.05) is 6.07 Å². The number of nitrogens with one attached hydrogen (secondary N) is 2. The van der Waals surface area contributed by atoms with Crippen molar-refractivity contribution in [3.63, 3.8) is 0 Å². The fourth-order valence-electron chi connectivity index (χ4n) is 4.42. The third kappa shape index (κ3) is 5.89. The maximum Gasteiger partial charge on any atom is 0.411 e. The Hall–Kier alpha value is -3.66. The van der Waals surface area contributed by atoms with Gasteiger partial charge < -0.3 is 24.8 Å². The van der Waals surface area contributed by atoms with Gasteiger partial charge in [-0.15, -0.1) is 0 Å². The molecule has 0 bridgehead atoms. The number of nitrogens with zero attached hydrogens (tertiary/aromatic N) is 3. The number of carbonyl (C=O) groups excluding carboxylic acids is 3. The van der Waals surface area contributed by atoms with Crippen molar-refractivity contribution in [1.29, 1.82) is 0 Å². The highest BCUT2D eigenvalue weighted by Crippen LogP contribution is 2.29. The zero-order valence-corrected chi connectivity index (χ0v) is 19.8. The van der Waals surface area contributed by atoms with E-state index >= 15 is 0 Å². The van der Waals surface area contributed by atoms with E-state index in [-0.39, 0.29) is 11.8 Å². The van der Waals surface area contributed by atoms with Gasteiger partial charge in [-0.25, -0.2) is 9.18 Å². The molecule has 0 unspecified atom stereocenters. The standard InChI is InChI=1S/C25H30FN5O4/c1-35-25(34)28-21-17-19(24(33)31-12-8-27-9-13-31)6-7-22(21)29-10-3-11-30(15-14-29)23(32)18-4-2-5-20(26)16-18/h2,4-7,16-17,27H,3,8-15H2,1H3,(H,28,34). The van der Waals surface area contributed by atoms with Gasteiger partial charge in [0.15, 0.2) is 0 Å². The highest BCUT2D eigenvalue weighted by atomic mass is 19.1. The van der Waals surface area contributed by atoms with E-state index < -0.39 is 11.9 Å². The molecule has 186 valence electrons. The molecule has 0 spiro atoms. The lowest BCUT2D eigenvalue weighted by Crippen LogP contribution is -2.46. The maximum atomic E-state index is 13.6. The molecule has 0 saturated carbocycles. The van der Waals surface area contributed by atoms with Crippen molar-refractivity contribution in [3.8, 4) is 0 Å².